The third-order valence-corrected chi connectivity index (χ3v) is 3.73. The first-order valence-electron chi connectivity index (χ1n) is 6.33. The number of carbonyl (C=O) groups excluding carboxylic acids is 1. The topological polar surface area (TPSA) is 72.1 Å². The average molecular weight is 333 g/mol. The Bertz CT molecular complexity index is 657. The first-order valence-corrected chi connectivity index (χ1v) is 7.12. The second-order valence-electron chi connectivity index (χ2n) is 4.64. The Morgan fingerprint density at radius 1 is 1.25 bits per heavy atom. The van der Waals surface area contributed by atoms with Crippen molar-refractivity contribution in [3.63, 3.8) is 0 Å². The molecule has 6 heteroatoms. The summed E-state index contributed by atoms with van der Waals surface area (Å²) in [5.74, 6) is 0.592. The zero-order valence-electron chi connectivity index (χ0n) is 10.7. The fraction of sp³-hybridized carbons (Fsp3) is 0.214. The summed E-state index contributed by atoms with van der Waals surface area (Å²) in [6.45, 7) is 0.764. The lowest BCUT2D eigenvalue weighted by Crippen LogP contribution is -2.23. The van der Waals surface area contributed by atoms with Crippen molar-refractivity contribution in [1.82, 2.24) is 9.97 Å². The number of hydrogen-bond acceptors (Lipinski definition) is 4. The van der Waals surface area contributed by atoms with Gasteiger partial charge in [0.05, 0.1) is 17.6 Å². The second-order valence-corrected chi connectivity index (χ2v) is 5.55. The molecule has 5 nitrogen and oxygen atoms in total. The third-order valence-electron chi connectivity index (χ3n) is 3.29. The van der Waals surface area contributed by atoms with Crippen molar-refractivity contribution in [3.8, 4) is 11.3 Å². The van der Waals surface area contributed by atoms with E-state index >= 15 is 0 Å². The summed E-state index contributed by atoms with van der Waals surface area (Å²) in [5, 5.41) is 0. The highest BCUT2D eigenvalue weighted by Crippen LogP contribution is 2.28. The molecule has 0 radical (unpaired) electrons. The van der Waals surface area contributed by atoms with E-state index in [9.17, 15) is 4.79 Å². The van der Waals surface area contributed by atoms with Crippen LogP contribution in [0.5, 0.6) is 0 Å². The fourth-order valence-electron chi connectivity index (χ4n) is 2.28. The zero-order valence-corrected chi connectivity index (χ0v) is 12.3. The molecule has 3 rings (SSSR count). The number of amides is 1. The summed E-state index contributed by atoms with van der Waals surface area (Å²) in [4.78, 5) is 21.9. The van der Waals surface area contributed by atoms with Crippen LogP contribution in [0.2, 0.25) is 0 Å². The number of pyridine rings is 2. The van der Waals surface area contributed by atoms with Crippen LogP contribution in [-0.2, 0) is 4.79 Å². The van der Waals surface area contributed by atoms with E-state index in [0.29, 0.717) is 12.2 Å². The molecule has 0 unspecified atom stereocenters. The highest BCUT2D eigenvalue weighted by molar-refractivity contribution is 9.10. The average Bonchev–Trinajstić information content (AvgIpc) is 2.88. The molecule has 0 aromatic carbocycles. The Hall–Kier alpha value is -1.95. The summed E-state index contributed by atoms with van der Waals surface area (Å²) < 4.78 is 0.849. The van der Waals surface area contributed by atoms with Gasteiger partial charge in [-0.1, -0.05) is 0 Å². The lowest BCUT2D eigenvalue weighted by atomic mass is 10.1. The van der Waals surface area contributed by atoms with Gasteiger partial charge in [-0.25, -0.2) is 4.98 Å². The highest BCUT2D eigenvalue weighted by atomic mass is 79.9. The van der Waals surface area contributed by atoms with Crippen LogP contribution in [0.3, 0.4) is 0 Å². The van der Waals surface area contributed by atoms with Crippen LogP contribution in [0.25, 0.3) is 11.3 Å². The van der Waals surface area contributed by atoms with Crippen LogP contribution in [0.1, 0.15) is 12.8 Å². The Balaban J connectivity index is 1.93. The molecular weight excluding hydrogens is 320 g/mol. The fourth-order valence-corrected chi connectivity index (χ4v) is 2.61. The largest absolute Gasteiger partial charge is 0.383 e. The predicted octanol–water partition coefficient (Wildman–Crippen LogP) is 2.62. The molecule has 20 heavy (non-hydrogen) atoms. The molecule has 0 aliphatic carbocycles. The molecule has 0 saturated carbocycles. The van der Waals surface area contributed by atoms with Crippen LogP contribution in [0.15, 0.2) is 35.1 Å². The molecule has 2 aromatic rings. The van der Waals surface area contributed by atoms with Gasteiger partial charge in [0.2, 0.25) is 5.91 Å². The summed E-state index contributed by atoms with van der Waals surface area (Å²) in [6, 6.07) is 5.64. The van der Waals surface area contributed by atoms with E-state index in [1.807, 2.05) is 18.2 Å². The standard InChI is InChI=1S/C14H13BrN4O/c15-9-6-11(14(16)18-7-9)12-4-3-10(8-17-12)19-5-1-2-13(19)20/h3-4,6-8H,1-2,5H2,(H2,16,18). The molecule has 2 aromatic heterocycles. The van der Waals surface area contributed by atoms with E-state index < -0.39 is 0 Å². The summed E-state index contributed by atoms with van der Waals surface area (Å²) >= 11 is 3.37. The molecule has 1 fully saturated rings. The van der Waals surface area contributed by atoms with Crippen LogP contribution < -0.4 is 10.6 Å². The molecule has 0 atom stereocenters. The number of hydrogen-bond donors (Lipinski definition) is 1. The van der Waals surface area contributed by atoms with Crippen molar-refractivity contribution in [2.24, 2.45) is 0 Å². The number of carbonyl (C=O) groups is 1. The van der Waals surface area contributed by atoms with Crippen LogP contribution in [0.4, 0.5) is 11.5 Å². The van der Waals surface area contributed by atoms with E-state index in [4.69, 9.17) is 5.73 Å². The highest BCUT2D eigenvalue weighted by Gasteiger charge is 2.21. The predicted molar refractivity (Wildman–Crippen MR) is 81.2 cm³/mol. The molecule has 102 valence electrons. The Kier molecular flexibility index (Phi) is 3.40. The van der Waals surface area contributed by atoms with Crippen molar-refractivity contribution in [2.75, 3.05) is 17.2 Å². The minimum absolute atomic E-state index is 0.156. The van der Waals surface area contributed by atoms with Gasteiger partial charge < -0.3 is 10.6 Å². The number of anilines is 2. The number of halogens is 1. The smallest absolute Gasteiger partial charge is 0.227 e. The molecule has 1 amide bonds. The van der Waals surface area contributed by atoms with E-state index in [-0.39, 0.29) is 5.91 Å². The summed E-state index contributed by atoms with van der Waals surface area (Å²) in [5.41, 5.74) is 8.22. The van der Waals surface area contributed by atoms with Gasteiger partial charge in [-0.3, -0.25) is 9.78 Å². The number of rotatable bonds is 2. The van der Waals surface area contributed by atoms with Gasteiger partial charge >= 0.3 is 0 Å². The van der Waals surface area contributed by atoms with E-state index in [1.54, 1.807) is 17.3 Å². The number of nitrogen functional groups attached to an aromatic ring is 1. The van der Waals surface area contributed by atoms with E-state index in [0.717, 1.165) is 34.4 Å². The molecule has 3 heterocycles. The van der Waals surface area contributed by atoms with Crippen molar-refractivity contribution < 1.29 is 4.79 Å². The van der Waals surface area contributed by atoms with Gasteiger partial charge in [0.25, 0.3) is 0 Å². The van der Waals surface area contributed by atoms with Crippen molar-refractivity contribution in [2.45, 2.75) is 12.8 Å². The first kappa shape index (κ1) is 13.1. The van der Waals surface area contributed by atoms with Gasteiger partial charge in [0, 0.05) is 29.2 Å². The zero-order chi connectivity index (χ0) is 14.1. The Labute approximate surface area is 125 Å². The van der Waals surface area contributed by atoms with Crippen LogP contribution >= 0.6 is 15.9 Å². The van der Waals surface area contributed by atoms with Gasteiger partial charge in [0.1, 0.15) is 5.82 Å². The first-order chi connectivity index (χ1) is 9.65. The van der Waals surface area contributed by atoms with E-state index in [1.165, 1.54) is 0 Å². The summed E-state index contributed by atoms with van der Waals surface area (Å²) in [6.07, 6.45) is 4.88. The Morgan fingerprint density at radius 3 is 2.75 bits per heavy atom. The molecule has 0 spiro atoms. The quantitative estimate of drug-likeness (QED) is 0.917. The van der Waals surface area contributed by atoms with Crippen molar-refractivity contribution in [3.05, 3.63) is 35.1 Å². The monoisotopic (exact) mass is 332 g/mol. The maximum absolute atomic E-state index is 11.7. The normalized spacial score (nSPS) is 14.8. The molecular formula is C14H13BrN4O. The van der Waals surface area contributed by atoms with Gasteiger partial charge in [-0.15, -0.1) is 0 Å². The number of aromatic nitrogens is 2. The van der Waals surface area contributed by atoms with Gasteiger partial charge in [-0.05, 0) is 40.5 Å². The van der Waals surface area contributed by atoms with Crippen molar-refractivity contribution in [1.29, 1.82) is 0 Å². The van der Waals surface area contributed by atoms with Gasteiger partial charge in [-0.2, -0.15) is 0 Å². The van der Waals surface area contributed by atoms with Crippen molar-refractivity contribution >= 4 is 33.3 Å². The maximum Gasteiger partial charge on any atom is 0.227 e. The number of nitrogens with two attached hydrogens (primary N) is 1. The van der Waals surface area contributed by atoms with E-state index in [2.05, 4.69) is 25.9 Å². The molecule has 0 bridgehead atoms. The minimum Gasteiger partial charge on any atom is -0.383 e. The second kappa shape index (κ2) is 5.20. The molecule has 1 saturated heterocycles. The van der Waals surface area contributed by atoms with Crippen LogP contribution in [-0.4, -0.2) is 22.4 Å². The summed E-state index contributed by atoms with van der Waals surface area (Å²) in [7, 11) is 0. The third kappa shape index (κ3) is 2.38. The van der Waals surface area contributed by atoms with Crippen LogP contribution in [0, 0.1) is 0 Å². The number of nitrogens with zero attached hydrogens (tertiary/aromatic N) is 3. The Morgan fingerprint density at radius 2 is 2.10 bits per heavy atom. The molecule has 1 aliphatic heterocycles. The molecule has 2 N–H and O–H groups in total. The lowest BCUT2D eigenvalue weighted by Gasteiger charge is -2.15. The van der Waals surface area contributed by atoms with Gasteiger partial charge in [0.15, 0.2) is 0 Å². The minimum atomic E-state index is 0.156. The maximum atomic E-state index is 11.7. The molecule has 1 aliphatic rings. The lowest BCUT2D eigenvalue weighted by molar-refractivity contribution is -0.117. The SMILES string of the molecule is Nc1ncc(Br)cc1-c1ccc(N2CCCC2=O)cn1.